The number of cyclic esters (lactones) is 1. The zero-order valence-corrected chi connectivity index (χ0v) is 31.8. The number of carbonyl (C=O) groups is 3. The zero-order chi connectivity index (χ0) is 39.1. The number of hydrogen-bond acceptors (Lipinski definition) is 16. The Morgan fingerprint density at radius 3 is 2.56 bits per heavy atom. The number of aliphatic imine (C=N–C) groups is 2. The number of aromatic nitrogens is 2. The van der Waals surface area contributed by atoms with Crippen molar-refractivity contribution in [3.8, 4) is 0 Å². The minimum atomic E-state index is -0.838. The molecule has 2 aliphatic carbocycles. The first-order valence-corrected chi connectivity index (χ1v) is 19.2. The van der Waals surface area contributed by atoms with Crippen LogP contribution in [0.15, 0.2) is 39.8 Å². The largest absolute Gasteiger partial charge is 0.462 e. The van der Waals surface area contributed by atoms with Gasteiger partial charge in [0.25, 0.3) is 0 Å². The quantitative estimate of drug-likeness (QED) is 0.116. The Balaban J connectivity index is 1.32. The number of nitrogens with one attached hydrogen (secondary N) is 2. The van der Waals surface area contributed by atoms with Crippen LogP contribution in [0.1, 0.15) is 58.9 Å². The minimum Gasteiger partial charge on any atom is -0.462 e. The van der Waals surface area contributed by atoms with E-state index in [0.29, 0.717) is 65.1 Å². The molecule has 17 nitrogen and oxygen atoms in total. The molecule has 7 rings (SSSR count). The van der Waals surface area contributed by atoms with Crippen LogP contribution < -0.4 is 16.4 Å². The number of hydrogen-bond donors (Lipinski definition) is 5. The minimum absolute atomic E-state index is 0.000749. The molecule has 9 atom stereocenters. The first kappa shape index (κ1) is 39.1. The second-order valence-electron chi connectivity index (χ2n) is 15.9. The van der Waals surface area contributed by atoms with Crippen LogP contribution in [-0.4, -0.2) is 138 Å². The number of guanidine groups is 1. The zero-order valence-electron chi connectivity index (χ0n) is 31.8. The lowest BCUT2D eigenvalue weighted by Crippen LogP contribution is -2.68. The standard InChI is InChI=1S/C38H52N8O9/c1-5-53-33(51)30(22-17-42-34(39)43-18-22)25-14-23(32(50)55-25)24(44-21(2)31(49)45-35-40-8-9-41-35)15-27-36(3)7-6-29(48)37(4,19-47)26(36)16-28(38(27)20-54-38)46-10-12-52-13-11-46/h8,14,17-18,21,24,26-29,44,47-48H,5-7,9-13,15-16,19-20H2,1-4H3,(H2,39,42,43)(H,41,45,49)/b30-25-/t21?,24?,26?,27?,28?,29-,36+,37+,38?/m1/s1. The van der Waals surface area contributed by atoms with Crippen molar-refractivity contribution in [2.45, 2.75) is 83.2 Å². The number of allylic oxidation sites excluding steroid dienone is 1. The summed E-state index contributed by atoms with van der Waals surface area (Å²) >= 11 is 0. The first-order chi connectivity index (χ1) is 26.3. The average Bonchev–Trinajstić information content (AvgIpc) is 3.59. The number of epoxide rings is 1. The molecule has 298 valence electrons. The van der Waals surface area contributed by atoms with E-state index < -0.39 is 52.5 Å². The molecule has 1 amide bonds. The number of carbonyl (C=O) groups excluding carboxylic acids is 3. The molecule has 1 aromatic rings. The fraction of sp³-hybridized carbons (Fsp3) is 0.658. The van der Waals surface area contributed by atoms with Crippen LogP contribution >= 0.6 is 0 Å². The van der Waals surface area contributed by atoms with E-state index in [1.807, 2.05) is 6.92 Å². The van der Waals surface area contributed by atoms with Crippen molar-refractivity contribution in [2.24, 2.45) is 32.7 Å². The number of esters is 2. The van der Waals surface area contributed by atoms with Crippen molar-refractivity contribution in [2.75, 3.05) is 58.4 Å². The fourth-order valence-electron chi connectivity index (χ4n) is 9.88. The monoisotopic (exact) mass is 764 g/mol. The highest BCUT2D eigenvalue weighted by Crippen LogP contribution is 2.67. The van der Waals surface area contributed by atoms with Crippen molar-refractivity contribution in [1.29, 1.82) is 0 Å². The second-order valence-corrected chi connectivity index (χ2v) is 15.9. The highest BCUT2D eigenvalue weighted by Gasteiger charge is 2.71. The number of nitrogens with two attached hydrogens (primary N) is 1. The molecule has 5 heterocycles. The normalized spacial score (nSPS) is 35.0. The van der Waals surface area contributed by atoms with Gasteiger partial charge in [-0.05, 0) is 62.9 Å². The predicted octanol–water partition coefficient (Wildman–Crippen LogP) is 0.375. The molecule has 6 aliphatic rings. The summed E-state index contributed by atoms with van der Waals surface area (Å²) in [6.45, 7) is 10.9. The summed E-state index contributed by atoms with van der Waals surface area (Å²) in [5.41, 5.74) is 4.29. The van der Waals surface area contributed by atoms with Crippen LogP contribution in [0.2, 0.25) is 0 Å². The van der Waals surface area contributed by atoms with Gasteiger partial charge in [-0.15, -0.1) is 0 Å². The third kappa shape index (κ3) is 7.21. The van der Waals surface area contributed by atoms with Crippen molar-refractivity contribution >= 4 is 41.5 Å². The van der Waals surface area contributed by atoms with Gasteiger partial charge >= 0.3 is 11.9 Å². The number of rotatable bonds is 11. The number of morpholine rings is 1. The van der Waals surface area contributed by atoms with Gasteiger partial charge in [0.15, 0.2) is 0 Å². The molecule has 0 bridgehead atoms. The van der Waals surface area contributed by atoms with Gasteiger partial charge in [0.05, 0.1) is 57.3 Å². The number of amides is 1. The van der Waals surface area contributed by atoms with Gasteiger partial charge < -0.3 is 34.9 Å². The van der Waals surface area contributed by atoms with E-state index in [1.54, 1.807) is 20.1 Å². The summed E-state index contributed by atoms with van der Waals surface area (Å²) in [5.74, 6) is -2.00. The van der Waals surface area contributed by atoms with Crippen LogP contribution in [0.4, 0.5) is 5.95 Å². The van der Waals surface area contributed by atoms with Crippen LogP contribution in [0.3, 0.4) is 0 Å². The van der Waals surface area contributed by atoms with Crippen LogP contribution in [0, 0.1) is 22.7 Å². The summed E-state index contributed by atoms with van der Waals surface area (Å²) in [6.07, 6.45) is 7.32. The topological polar surface area (TPSA) is 236 Å². The molecule has 0 radical (unpaired) electrons. The maximum Gasteiger partial charge on any atom is 0.342 e. The third-order valence-corrected chi connectivity index (χ3v) is 12.9. The average molecular weight is 765 g/mol. The molecule has 4 aliphatic heterocycles. The first-order valence-electron chi connectivity index (χ1n) is 19.2. The van der Waals surface area contributed by atoms with Crippen molar-refractivity contribution in [3.05, 3.63) is 35.4 Å². The van der Waals surface area contributed by atoms with Gasteiger partial charge in [-0.1, -0.05) is 13.8 Å². The van der Waals surface area contributed by atoms with Gasteiger partial charge in [0.2, 0.25) is 17.8 Å². The maximum absolute atomic E-state index is 14.1. The van der Waals surface area contributed by atoms with Gasteiger partial charge in [-0.3, -0.25) is 20.3 Å². The molecule has 6 unspecified atom stereocenters. The second kappa shape index (κ2) is 15.4. The Kier molecular flexibility index (Phi) is 11.0. The molecular weight excluding hydrogens is 712 g/mol. The van der Waals surface area contributed by atoms with Gasteiger partial charge in [-0.2, -0.15) is 0 Å². The number of ether oxygens (including phenoxy) is 4. The molecular formula is C38H52N8O9. The van der Waals surface area contributed by atoms with Gasteiger partial charge in [0, 0.05) is 54.8 Å². The Morgan fingerprint density at radius 1 is 1.20 bits per heavy atom. The van der Waals surface area contributed by atoms with Crippen molar-refractivity contribution in [1.82, 2.24) is 25.5 Å². The molecule has 6 N–H and O–H groups in total. The molecule has 4 fully saturated rings. The highest BCUT2D eigenvalue weighted by molar-refractivity contribution is 6.18. The molecule has 17 heteroatoms. The number of fused-ring (bicyclic) bond motifs is 1. The molecule has 1 aromatic heterocycles. The number of anilines is 1. The SMILES string of the molecule is CCOC(=O)/C(=C1/C=C(C(CC2C3(CO3)C(N3CCOCC3)CC3[C@]2(C)CC[C@@H](O)[C@@]3(C)CO)NC(C)C(=O)NC2=NCC=N2)C(=O)O1)c1cnc(N)nc1. The Morgan fingerprint density at radius 2 is 1.93 bits per heavy atom. The molecule has 0 aromatic carbocycles. The Bertz CT molecular complexity index is 1790. The molecule has 55 heavy (non-hydrogen) atoms. The maximum atomic E-state index is 14.1. The lowest BCUT2D eigenvalue weighted by molar-refractivity contribution is -0.197. The van der Waals surface area contributed by atoms with E-state index in [4.69, 9.17) is 24.7 Å². The predicted molar refractivity (Wildman–Crippen MR) is 199 cm³/mol. The lowest BCUT2D eigenvalue weighted by atomic mass is 9.43. The summed E-state index contributed by atoms with van der Waals surface area (Å²) in [7, 11) is 0. The van der Waals surface area contributed by atoms with Crippen LogP contribution in [0.25, 0.3) is 5.57 Å². The van der Waals surface area contributed by atoms with Crippen molar-refractivity contribution in [3.63, 3.8) is 0 Å². The number of aliphatic hydroxyl groups is 2. The van der Waals surface area contributed by atoms with Gasteiger partial charge in [0.1, 0.15) is 16.9 Å². The van der Waals surface area contributed by atoms with E-state index in [9.17, 15) is 24.6 Å². The third-order valence-electron chi connectivity index (χ3n) is 12.9. The van der Waals surface area contributed by atoms with Crippen LogP contribution in [-0.2, 0) is 33.3 Å². The highest BCUT2D eigenvalue weighted by atomic mass is 16.6. The van der Waals surface area contributed by atoms with E-state index in [2.05, 4.69) is 42.4 Å². The van der Waals surface area contributed by atoms with E-state index in [1.165, 1.54) is 18.5 Å². The van der Waals surface area contributed by atoms with E-state index in [-0.39, 0.29) is 65.5 Å². The number of aliphatic hydroxyl groups excluding tert-OH is 2. The number of nitrogens with zero attached hydrogens (tertiary/aromatic N) is 5. The summed E-state index contributed by atoms with van der Waals surface area (Å²) in [5, 5.41) is 28.6. The molecule has 1 spiro atoms. The fourth-order valence-corrected chi connectivity index (χ4v) is 9.88. The molecule has 2 saturated heterocycles. The number of nitrogen functional groups attached to an aromatic ring is 1. The lowest BCUT2D eigenvalue weighted by Gasteiger charge is -2.64. The summed E-state index contributed by atoms with van der Waals surface area (Å²) < 4.78 is 23.5. The van der Waals surface area contributed by atoms with Crippen molar-refractivity contribution < 1.29 is 43.5 Å². The van der Waals surface area contributed by atoms with Crippen LogP contribution in [0.5, 0.6) is 0 Å². The van der Waals surface area contributed by atoms with E-state index in [0.717, 1.165) is 0 Å². The Labute approximate surface area is 319 Å². The summed E-state index contributed by atoms with van der Waals surface area (Å²) in [6, 6.07) is -1.67. The molecule has 2 saturated carbocycles. The van der Waals surface area contributed by atoms with Gasteiger partial charge in [-0.25, -0.2) is 29.5 Å². The Hall–Kier alpha value is -4.13. The summed E-state index contributed by atoms with van der Waals surface area (Å²) in [4.78, 5) is 59.8. The van der Waals surface area contributed by atoms with E-state index >= 15 is 0 Å². The smallest absolute Gasteiger partial charge is 0.342 e.